The zero-order valence-corrected chi connectivity index (χ0v) is 16.2. The number of carbonyl (C=O) groups is 1. The molecule has 1 amide bonds. The first-order chi connectivity index (χ1) is 13.7. The summed E-state index contributed by atoms with van der Waals surface area (Å²) in [6.07, 6.45) is 2.32. The number of aryl methyl sites for hydroxylation is 1. The van der Waals surface area contributed by atoms with Gasteiger partial charge in [0.2, 0.25) is 5.91 Å². The van der Waals surface area contributed by atoms with Gasteiger partial charge in [-0.3, -0.25) is 9.89 Å². The number of anilines is 1. The minimum atomic E-state index is 0.105. The number of aromatic nitrogens is 2. The lowest BCUT2D eigenvalue weighted by atomic mass is 10.0. The quantitative estimate of drug-likeness (QED) is 0.716. The van der Waals surface area contributed by atoms with Crippen LogP contribution in [0.5, 0.6) is 0 Å². The number of H-pyrrole nitrogens is 1. The van der Waals surface area contributed by atoms with Crippen LogP contribution >= 0.6 is 0 Å². The average molecular weight is 374 g/mol. The minimum Gasteiger partial charge on any atom is -0.355 e. The molecule has 144 valence electrons. The maximum Gasteiger partial charge on any atom is 0.224 e. The van der Waals surface area contributed by atoms with Crippen molar-refractivity contribution in [1.29, 1.82) is 0 Å². The highest BCUT2D eigenvalue weighted by molar-refractivity contribution is 5.78. The molecule has 1 aliphatic rings. The smallest absolute Gasteiger partial charge is 0.224 e. The molecule has 3 aromatic rings. The van der Waals surface area contributed by atoms with Gasteiger partial charge in [0.15, 0.2) is 5.82 Å². The Balaban J connectivity index is 1.28. The van der Waals surface area contributed by atoms with Crippen LogP contribution in [-0.2, 0) is 11.2 Å². The maximum absolute atomic E-state index is 12.3. The van der Waals surface area contributed by atoms with Crippen molar-refractivity contribution in [3.63, 3.8) is 0 Å². The molecule has 0 bridgehead atoms. The fourth-order valence-electron chi connectivity index (χ4n) is 3.66. The van der Waals surface area contributed by atoms with Crippen LogP contribution in [0.25, 0.3) is 11.3 Å². The van der Waals surface area contributed by atoms with Crippen LogP contribution < -0.4 is 10.2 Å². The Morgan fingerprint density at radius 1 is 1.11 bits per heavy atom. The number of benzene rings is 2. The third kappa shape index (κ3) is 4.42. The molecule has 2 N–H and O–H groups in total. The summed E-state index contributed by atoms with van der Waals surface area (Å²) in [4.78, 5) is 14.6. The van der Waals surface area contributed by atoms with E-state index in [1.807, 2.05) is 30.3 Å². The van der Waals surface area contributed by atoms with Crippen LogP contribution in [0.15, 0.2) is 60.7 Å². The van der Waals surface area contributed by atoms with Gasteiger partial charge in [0.25, 0.3) is 0 Å². The van der Waals surface area contributed by atoms with Gasteiger partial charge in [0.1, 0.15) is 0 Å². The van der Waals surface area contributed by atoms with Crippen molar-refractivity contribution in [2.45, 2.75) is 32.2 Å². The van der Waals surface area contributed by atoms with Crippen LogP contribution in [0, 0.1) is 6.92 Å². The molecular formula is C23H26N4O. The first-order valence-corrected chi connectivity index (χ1v) is 9.88. The summed E-state index contributed by atoms with van der Waals surface area (Å²) < 4.78 is 0. The molecule has 28 heavy (non-hydrogen) atoms. The molecule has 0 unspecified atom stereocenters. The van der Waals surface area contributed by atoms with Gasteiger partial charge in [-0.25, -0.2) is 0 Å². The molecule has 4 rings (SSSR count). The summed E-state index contributed by atoms with van der Waals surface area (Å²) in [5.74, 6) is 1.08. The number of carbonyl (C=O) groups excluding carboxylic acids is 1. The number of nitrogens with one attached hydrogen (secondary N) is 2. The lowest BCUT2D eigenvalue weighted by Gasteiger charge is -2.32. The van der Waals surface area contributed by atoms with Gasteiger partial charge in [0, 0.05) is 25.2 Å². The highest BCUT2D eigenvalue weighted by atomic mass is 16.1. The van der Waals surface area contributed by atoms with Crippen LogP contribution in [-0.4, -0.2) is 35.2 Å². The largest absolute Gasteiger partial charge is 0.355 e. The summed E-state index contributed by atoms with van der Waals surface area (Å²) in [5.41, 5.74) is 4.44. The highest BCUT2D eigenvalue weighted by Crippen LogP contribution is 2.24. The van der Waals surface area contributed by atoms with Crippen molar-refractivity contribution in [3.05, 3.63) is 71.8 Å². The number of amides is 1. The molecule has 1 aromatic heterocycles. The SMILES string of the molecule is Cc1ccc(CC(=O)NC2CCN(c3cc(-c4ccccc4)[nH]n3)CC2)cc1. The summed E-state index contributed by atoms with van der Waals surface area (Å²) in [6, 6.07) is 20.7. The van der Waals surface area contributed by atoms with Gasteiger partial charge >= 0.3 is 0 Å². The number of nitrogens with zero attached hydrogens (tertiary/aromatic N) is 2. The standard InChI is InChI=1S/C23H26N4O/c1-17-7-9-18(10-8-17)15-23(28)24-20-11-13-27(14-12-20)22-16-21(25-26-22)19-5-3-2-4-6-19/h2-10,16,20H,11-15H2,1H3,(H,24,28)(H,25,26). The second kappa shape index (κ2) is 8.30. The van der Waals surface area contributed by atoms with E-state index in [1.54, 1.807) is 0 Å². The first kappa shape index (κ1) is 18.3. The van der Waals surface area contributed by atoms with Crippen molar-refractivity contribution in [2.75, 3.05) is 18.0 Å². The Labute approximate surface area is 165 Å². The zero-order chi connectivity index (χ0) is 19.3. The number of hydrogen-bond donors (Lipinski definition) is 2. The van der Waals surface area contributed by atoms with E-state index in [0.717, 1.165) is 48.6 Å². The molecule has 5 nitrogen and oxygen atoms in total. The van der Waals surface area contributed by atoms with Crippen molar-refractivity contribution in [1.82, 2.24) is 15.5 Å². The first-order valence-electron chi connectivity index (χ1n) is 9.88. The second-order valence-electron chi connectivity index (χ2n) is 7.50. The fourth-order valence-corrected chi connectivity index (χ4v) is 3.66. The zero-order valence-electron chi connectivity index (χ0n) is 16.2. The summed E-state index contributed by atoms with van der Waals surface area (Å²) in [5, 5.41) is 10.8. The van der Waals surface area contributed by atoms with Gasteiger partial charge in [-0.1, -0.05) is 60.2 Å². The molecule has 0 aliphatic carbocycles. The Morgan fingerprint density at radius 2 is 1.82 bits per heavy atom. The van der Waals surface area contributed by atoms with E-state index < -0.39 is 0 Å². The van der Waals surface area contributed by atoms with Gasteiger partial charge < -0.3 is 10.2 Å². The van der Waals surface area contributed by atoms with Crippen molar-refractivity contribution in [2.24, 2.45) is 0 Å². The van der Waals surface area contributed by atoms with E-state index in [9.17, 15) is 4.79 Å². The molecule has 1 fully saturated rings. The predicted octanol–water partition coefficient (Wildman–Crippen LogP) is 3.71. The number of piperidine rings is 1. The fraction of sp³-hybridized carbons (Fsp3) is 0.304. The molecule has 5 heteroatoms. The van der Waals surface area contributed by atoms with Crippen LogP contribution in [0.4, 0.5) is 5.82 Å². The van der Waals surface area contributed by atoms with E-state index >= 15 is 0 Å². The molecule has 1 saturated heterocycles. The molecule has 1 aliphatic heterocycles. The highest BCUT2D eigenvalue weighted by Gasteiger charge is 2.22. The van der Waals surface area contributed by atoms with Crippen LogP contribution in [0.3, 0.4) is 0 Å². The van der Waals surface area contributed by atoms with Gasteiger partial charge in [-0.2, -0.15) is 5.10 Å². The Morgan fingerprint density at radius 3 is 2.54 bits per heavy atom. The summed E-state index contributed by atoms with van der Waals surface area (Å²) in [6.45, 7) is 3.85. The van der Waals surface area contributed by atoms with Crippen LogP contribution in [0.1, 0.15) is 24.0 Å². The Kier molecular flexibility index (Phi) is 5.42. The predicted molar refractivity (Wildman–Crippen MR) is 112 cm³/mol. The minimum absolute atomic E-state index is 0.105. The maximum atomic E-state index is 12.3. The van der Waals surface area contributed by atoms with Gasteiger partial charge in [-0.05, 0) is 30.9 Å². The van der Waals surface area contributed by atoms with Crippen molar-refractivity contribution >= 4 is 11.7 Å². The normalized spacial score (nSPS) is 14.8. The van der Waals surface area contributed by atoms with Crippen molar-refractivity contribution in [3.8, 4) is 11.3 Å². The van der Waals surface area contributed by atoms with Crippen LogP contribution in [0.2, 0.25) is 0 Å². The Hall–Kier alpha value is -3.08. The number of aromatic amines is 1. The summed E-state index contributed by atoms with van der Waals surface area (Å²) >= 11 is 0. The van der Waals surface area contributed by atoms with Gasteiger partial charge in [-0.15, -0.1) is 0 Å². The number of rotatable bonds is 5. The number of hydrogen-bond acceptors (Lipinski definition) is 3. The molecule has 2 aromatic carbocycles. The van der Waals surface area contributed by atoms with E-state index in [1.165, 1.54) is 5.56 Å². The van der Waals surface area contributed by atoms with E-state index in [2.05, 4.69) is 57.7 Å². The Bertz CT molecular complexity index is 909. The molecule has 0 spiro atoms. The molecule has 0 saturated carbocycles. The summed E-state index contributed by atoms with van der Waals surface area (Å²) in [7, 11) is 0. The average Bonchev–Trinajstić information content (AvgIpc) is 3.21. The second-order valence-corrected chi connectivity index (χ2v) is 7.50. The monoisotopic (exact) mass is 374 g/mol. The lowest BCUT2D eigenvalue weighted by molar-refractivity contribution is -0.121. The van der Waals surface area contributed by atoms with E-state index in [0.29, 0.717) is 6.42 Å². The van der Waals surface area contributed by atoms with Gasteiger partial charge in [0.05, 0.1) is 12.1 Å². The molecule has 2 heterocycles. The van der Waals surface area contributed by atoms with E-state index in [4.69, 9.17) is 0 Å². The van der Waals surface area contributed by atoms with Crippen molar-refractivity contribution < 1.29 is 4.79 Å². The topological polar surface area (TPSA) is 61.0 Å². The third-order valence-electron chi connectivity index (χ3n) is 5.32. The van der Waals surface area contributed by atoms with E-state index in [-0.39, 0.29) is 11.9 Å². The third-order valence-corrected chi connectivity index (χ3v) is 5.32. The lowest BCUT2D eigenvalue weighted by Crippen LogP contribution is -2.45. The molecule has 0 radical (unpaired) electrons. The molecular weight excluding hydrogens is 348 g/mol. The molecule has 0 atom stereocenters.